The van der Waals surface area contributed by atoms with Crippen molar-refractivity contribution in [3.05, 3.63) is 71.8 Å². The molecule has 2 aromatic rings. The number of hydrogen-bond donors (Lipinski definition) is 3. The summed E-state index contributed by atoms with van der Waals surface area (Å²) < 4.78 is 10.7. The zero-order valence-corrected chi connectivity index (χ0v) is 19.5. The van der Waals surface area contributed by atoms with E-state index in [2.05, 4.69) is 22.8 Å². The zero-order valence-electron chi connectivity index (χ0n) is 19.5. The molecule has 0 spiro atoms. The molecule has 1 atom stereocenters. The number of carboxylic acids is 1. The second kappa shape index (κ2) is 11.0. The first-order valence-corrected chi connectivity index (χ1v) is 11.1. The minimum atomic E-state index is -1.15. The number of ether oxygens (including phenoxy) is 2. The largest absolute Gasteiger partial charge is 0.480 e. The highest BCUT2D eigenvalue weighted by Gasteiger charge is 2.29. The molecular formula is C26H30N2O6. The highest BCUT2D eigenvalue weighted by Crippen LogP contribution is 2.44. The van der Waals surface area contributed by atoms with Crippen LogP contribution < -0.4 is 10.6 Å². The highest BCUT2D eigenvalue weighted by atomic mass is 16.5. The van der Waals surface area contributed by atoms with Gasteiger partial charge in [-0.2, -0.15) is 0 Å². The fourth-order valence-electron chi connectivity index (χ4n) is 3.95. The van der Waals surface area contributed by atoms with Gasteiger partial charge in [0, 0.05) is 32.1 Å². The Balaban J connectivity index is 1.47. The Morgan fingerprint density at radius 1 is 1.06 bits per heavy atom. The number of benzene rings is 2. The van der Waals surface area contributed by atoms with Crippen LogP contribution in [-0.4, -0.2) is 55.0 Å². The molecule has 0 aliphatic heterocycles. The molecule has 0 bridgehead atoms. The van der Waals surface area contributed by atoms with Gasteiger partial charge in [0.05, 0.1) is 5.60 Å². The second-order valence-electron chi connectivity index (χ2n) is 8.68. The normalized spacial score (nSPS) is 13.7. The lowest BCUT2D eigenvalue weighted by atomic mass is 9.98. The van der Waals surface area contributed by atoms with Gasteiger partial charge in [0.25, 0.3) is 0 Å². The van der Waals surface area contributed by atoms with Gasteiger partial charge in [0.15, 0.2) is 0 Å². The molecule has 0 saturated heterocycles. The first-order chi connectivity index (χ1) is 16.2. The van der Waals surface area contributed by atoms with Crippen molar-refractivity contribution >= 4 is 18.0 Å². The number of carbonyl (C=O) groups is 3. The topological polar surface area (TPSA) is 114 Å². The van der Waals surface area contributed by atoms with Crippen molar-refractivity contribution in [2.45, 2.75) is 37.8 Å². The summed E-state index contributed by atoms with van der Waals surface area (Å²) in [7, 11) is 1.48. The number of methoxy groups -OCH3 is 1. The smallest absolute Gasteiger partial charge is 0.407 e. The van der Waals surface area contributed by atoms with E-state index in [1.54, 1.807) is 13.8 Å². The van der Waals surface area contributed by atoms with Gasteiger partial charge in [0.1, 0.15) is 12.6 Å². The van der Waals surface area contributed by atoms with Crippen LogP contribution in [0.5, 0.6) is 0 Å². The Hall–Kier alpha value is -3.65. The fourth-order valence-corrected chi connectivity index (χ4v) is 3.95. The van der Waals surface area contributed by atoms with Crippen LogP contribution in [0, 0.1) is 0 Å². The maximum Gasteiger partial charge on any atom is 0.407 e. The molecule has 8 nitrogen and oxygen atoms in total. The summed E-state index contributed by atoms with van der Waals surface area (Å²) in [4.78, 5) is 35.6. The SMILES string of the molecule is COC(C)(C)CC(NC(=O)/C=C/CNC(=O)OCC1c2ccccc2-c2ccccc21)C(=O)O. The predicted octanol–water partition coefficient (Wildman–Crippen LogP) is 3.47. The molecule has 3 rings (SSSR count). The van der Waals surface area contributed by atoms with E-state index in [0.717, 1.165) is 22.3 Å². The van der Waals surface area contributed by atoms with Crippen LogP contribution in [0.1, 0.15) is 37.3 Å². The molecule has 0 fully saturated rings. The number of aliphatic carboxylic acids is 1. The number of fused-ring (bicyclic) bond motifs is 3. The van der Waals surface area contributed by atoms with Gasteiger partial charge in [-0.25, -0.2) is 9.59 Å². The van der Waals surface area contributed by atoms with Crippen molar-refractivity contribution in [2.75, 3.05) is 20.3 Å². The molecule has 1 aliphatic carbocycles. The average molecular weight is 467 g/mol. The maximum absolute atomic E-state index is 12.2. The number of nitrogens with one attached hydrogen (secondary N) is 2. The molecule has 3 N–H and O–H groups in total. The van der Waals surface area contributed by atoms with Gasteiger partial charge in [-0.3, -0.25) is 4.79 Å². The van der Waals surface area contributed by atoms with E-state index in [4.69, 9.17) is 9.47 Å². The quantitative estimate of drug-likeness (QED) is 0.462. The van der Waals surface area contributed by atoms with Crippen LogP contribution >= 0.6 is 0 Å². The van der Waals surface area contributed by atoms with E-state index >= 15 is 0 Å². The van der Waals surface area contributed by atoms with Crippen LogP contribution in [0.15, 0.2) is 60.7 Å². The minimum absolute atomic E-state index is 0.0382. The Morgan fingerprint density at radius 3 is 2.21 bits per heavy atom. The van der Waals surface area contributed by atoms with Crippen LogP contribution in [0.25, 0.3) is 11.1 Å². The molecule has 0 heterocycles. The maximum atomic E-state index is 12.2. The second-order valence-corrected chi connectivity index (χ2v) is 8.68. The third-order valence-corrected chi connectivity index (χ3v) is 5.84. The van der Waals surface area contributed by atoms with Crippen molar-refractivity contribution < 1.29 is 29.0 Å². The molecule has 0 saturated carbocycles. The van der Waals surface area contributed by atoms with Gasteiger partial charge in [-0.1, -0.05) is 54.6 Å². The van der Waals surface area contributed by atoms with Crippen molar-refractivity contribution in [2.24, 2.45) is 0 Å². The van der Waals surface area contributed by atoms with Crippen molar-refractivity contribution in [1.82, 2.24) is 10.6 Å². The summed E-state index contributed by atoms with van der Waals surface area (Å²) in [5.41, 5.74) is 3.84. The van der Waals surface area contributed by atoms with Gasteiger partial charge < -0.3 is 25.2 Å². The van der Waals surface area contributed by atoms with E-state index in [0.29, 0.717) is 0 Å². The highest BCUT2D eigenvalue weighted by molar-refractivity contribution is 5.91. The Labute approximate surface area is 199 Å². The summed E-state index contributed by atoms with van der Waals surface area (Å²) in [6, 6.07) is 15.0. The average Bonchev–Trinajstić information content (AvgIpc) is 3.13. The molecule has 0 aromatic heterocycles. The number of hydrogen-bond acceptors (Lipinski definition) is 5. The van der Waals surface area contributed by atoms with Crippen LogP contribution in [-0.2, 0) is 19.1 Å². The van der Waals surface area contributed by atoms with E-state index in [-0.39, 0.29) is 25.5 Å². The van der Waals surface area contributed by atoms with Gasteiger partial charge in [-0.05, 0) is 36.1 Å². The Kier molecular flexibility index (Phi) is 8.07. The summed E-state index contributed by atoms with van der Waals surface area (Å²) in [5, 5.41) is 14.3. The van der Waals surface area contributed by atoms with E-state index < -0.39 is 29.6 Å². The molecule has 8 heteroatoms. The number of alkyl carbamates (subject to hydrolysis) is 1. The lowest BCUT2D eigenvalue weighted by Gasteiger charge is -2.26. The molecule has 0 radical (unpaired) electrons. The van der Waals surface area contributed by atoms with Crippen LogP contribution in [0.3, 0.4) is 0 Å². The number of carbonyl (C=O) groups excluding carboxylic acids is 2. The zero-order chi connectivity index (χ0) is 24.7. The lowest BCUT2D eigenvalue weighted by molar-refractivity contribution is -0.143. The molecule has 1 unspecified atom stereocenters. The van der Waals surface area contributed by atoms with Crippen molar-refractivity contribution in [1.29, 1.82) is 0 Å². The molecule has 2 amide bonds. The molecule has 180 valence electrons. The third-order valence-electron chi connectivity index (χ3n) is 5.84. The number of rotatable bonds is 10. The monoisotopic (exact) mass is 466 g/mol. The Bertz CT molecular complexity index is 1030. The fraction of sp³-hybridized carbons (Fsp3) is 0.346. The standard InChI is InChI=1S/C26H30N2O6/c1-26(2,33-3)15-22(24(30)31)28-23(29)13-8-14-27-25(32)34-16-21-19-11-6-4-9-17(19)18-10-5-7-12-20(18)21/h4-13,21-22H,14-16H2,1-3H3,(H,27,32)(H,28,29)(H,30,31)/b13-8+. The van der Waals surface area contributed by atoms with Crippen molar-refractivity contribution in [3.8, 4) is 11.1 Å². The third kappa shape index (κ3) is 6.23. The predicted molar refractivity (Wildman–Crippen MR) is 127 cm³/mol. The van der Waals surface area contributed by atoms with Gasteiger partial charge >= 0.3 is 12.1 Å². The molecular weight excluding hydrogens is 436 g/mol. The summed E-state index contributed by atoms with van der Waals surface area (Å²) in [6.45, 7) is 3.73. The van der Waals surface area contributed by atoms with E-state index in [1.807, 2.05) is 36.4 Å². The molecule has 34 heavy (non-hydrogen) atoms. The Morgan fingerprint density at radius 2 is 1.65 bits per heavy atom. The summed E-state index contributed by atoms with van der Waals surface area (Å²) >= 11 is 0. The van der Waals surface area contributed by atoms with E-state index in [9.17, 15) is 19.5 Å². The molecule has 1 aliphatic rings. The van der Waals surface area contributed by atoms with Gasteiger partial charge in [0.2, 0.25) is 5.91 Å². The van der Waals surface area contributed by atoms with Crippen LogP contribution in [0.2, 0.25) is 0 Å². The molecule has 2 aromatic carbocycles. The first kappa shape index (κ1) is 25.0. The summed E-state index contributed by atoms with van der Waals surface area (Å²) in [6.07, 6.45) is 2.12. The first-order valence-electron chi connectivity index (χ1n) is 11.1. The van der Waals surface area contributed by atoms with Crippen LogP contribution in [0.4, 0.5) is 4.79 Å². The van der Waals surface area contributed by atoms with Gasteiger partial charge in [-0.15, -0.1) is 0 Å². The van der Waals surface area contributed by atoms with E-state index in [1.165, 1.54) is 19.3 Å². The number of carboxylic acid groups (broad SMARTS) is 1. The summed E-state index contributed by atoms with van der Waals surface area (Å²) in [5.74, 6) is -1.76. The van der Waals surface area contributed by atoms with Crippen molar-refractivity contribution in [3.63, 3.8) is 0 Å². The number of amides is 2. The lowest BCUT2D eigenvalue weighted by Crippen LogP contribution is -2.45. The minimum Gasteiger partial charge on any atom is -0.480 e.